The largest absolute Gasteiger partial charge is 0.492 e. The van der Waals surface area contributed by atoms with Gasteiger partial charge in [0.2, 0.25) is 5.91 Å². The number of unbranched alkanes of at least 4 members (excludes halogenated alkanes) is 1. The zero-order valence-electron chi connectivity index (χ0n) is 11.2. The van der Waals surface area contributed by atoms with Crippen molar-refractivity contribution in [2.75, 3.05) is 18.5 Å². The highest BCUT2D eigenvalue weighted by Gasteiger charge is 2.06. The minimum absolute atomic E-state index is 0.0909. The molecule has 0 aliphatic rings. The van der Waals surface area contributed by atoms with Gasteiger partial charge in [0, 0.05) is 6.92 Å². The van der Waals surface area contributed by atoms with Gasteiger partial charge in [0.1, 0.15) is 5.75 Å². The lowest BCUT2D eigenvalue weighted by Crippen LogP contribution is -2.08. The first-order valence-electron chi connectivity index (χ1n) is 6.40. The number of ether oxygens (including phenoxy) is 1. The molecule has 0 saturated heterocycles. The molecule has 0 saturated carbocycles. The third kappa shape index (κ3) is 4.75. The molecule has 1 aromatic rings. The Morgan fingerprint density at radius 3 is 2.78 bits per heavy atom. The molecule has 0 heterocycles. The summed E-state index contributed by atoms with van der Waals surface area (Å²) in [5.41, 5.74) is 7.41. The first-order valence-corrected chi connectivity index (χ1v) is 6.40. The van der Waals surface area contributed by atoms with Gasteiger partial charge in [-0.2, -0.15) is 0 Å². The van der Waals surface area contributed by atoms with Gasteiger partial charge in [-0.15, -0.1) is 0 Å². The van der Waals surface area contributed by atoms with Crippen molar-refractivity contribution in [2.24, 2.45) is 5.73 Å². The number of aryl methyl sites for hydroxylation is 1. The van der Waals surface area contributed by atoms with Crippen LogP contribution in [0.25, 0.3) is 0 Å². The lowest BCUT2D eigenvalue weighted by Gasteiger charge is -2.12. The van der Waals surface area contributed by atoms with Gasteiger partial charge in [0.05, 0.1) is 12.3 Å². The zero-order chi connectivity index (χ0) is 13.4. The number of benzene rings is 1. The van der Waals surface area contributed by atoms with Crippen LogP contribution < -0.4 is 15.8 Å². The van der Waals surface area contributed by atoms with Crippen LogP contribution in [0, 0.1) is 0 Å². The maximum Gasteiger partial charge on any atom is 0.221 e. The summed E-state index contributed by atoms with van der Waals surface area (Å²) < 4.78 is 5.55. The molecular weight excluding hydrogens is 228 g/mol. The summed E-state index contributed by atoms with van der Waals surface area (Å²) in [6.45, 7) is 4.73. The van der Waals surface area contributed by atoms with Crippen LogP contribution in [0.4, 0.5) is 5.69 Å². The smallest absolute Gasteiger partial charge is 0.221 e. The minimum atomic E-state index is -0.0909. The number of nitrogens with one attached hydrogen (secondary N) is 1. The van der Waals surface area contributed by atoms with E-state index in [9.17, 15) is 4.79 Å². The third-order valence-corrected chi connectivity index (χ3v) is 2.58. The molecule has 4 nitrogen and oxygen atoms in total. The molecule has 0 radical (unpaired) electrons. The number of nitrogens with two attached hydrogens (primary N) is 1. The fourth-order valence-electron chi connectivity index (χ4n) is 1.76. The summed E-state index contributed by atoms with van der Waals surface area (Å²) in [4.78, 5) is 11.1. The molecule has 0 fully saturated rings. The Kier molecular flexibility index (Phi) is 6.22. The van der Waals surface area contributed by atoms with Crippen LogP contribution in [0.15, 0.2) is 18.2 Å². The predicted molar refractivity (Wildman–Crippen MR) is 73.9 cm³/mol. The second-order valence-corrected chi connectivity index (χ2v) is 4.19. The van der Waals surface area contributed by atoms with Crippen molar-refractivity contribution in [3.8, 4) is 5.75 Å². The van der Waals surface area contributed by atoms with Crippen LogP contribution in [0.2, 0.25) is 0 Å². The number of anilines is 1. The molecular formula is C14H22N2O2. The standard InChI is InChI=1S/C14H22N2O2/c1-3-18-14-10-12(6-4-5-9-15)7-8-13(14)16-11(2)17/h7-8,10H,3-6,9,15H2,1-2H3,(H,16,17). The molecule has 0 bridgehead atoms. The molecule has 100 valence electrons. The van der Waals surface area contributed by atoms with E-state index in [-0.39, 0.29) is 5.91 Å². The first kappa shape index (κ1) is 14.5. The van der Waals surface area contributed by atoms with Crippen molar-refractivity contribution in [2.45, 2.75) is 33.1 Å². The van der Waals surface area contributed by atoms with Gasteiger partial charge < -0.3 is 15.8 Å². The Hall–Kier alpha value is -1.55. The van der Waals surface area contributed by atoms with E-state index < -0.39 is 0 Å². The summed E-state index contributed by atoms with van der Waals surface area (Å²) >= 11 is 0. The minimum Gasteiger partial charge on any atom is -0.492 e. The van der Waals surface area contributed by atoms with Crippen LogP contribution in [-0.2, 0) is 11.2 Å². The topological polar surface area (TPSA) is 64.3 Å². The molecule has 18 heavy (non-hydrogen) atoms. The quantitative estimate of drug-likeness (QED) is 0.730. The van der Waals surface area contributed by atoms with Crippen LogP contribution in [0.1, 0.15) is 32.3 Å². The molecule has 0 aliphatic carbocycles. The number of hydrogen-bond donors (Lipinski definition) is 2. The molecule has 1 aromatic carbocycles. The number of carbonyl (C=O) groups excluding carboxylic acids is 1. The monoisotopic (exact) mass is 250 g/mol. The Morgan fingerprint density at radius 1 is 1.39 bits per heavy atom. The maximum absolute atomic E-state index is 11.1. The van der Waals surface area contributed by atoms with Crippen molar-refractivity contribution in [3.05, 3.63) is 23.8 Å². The van der Waals surface area contributed by atoms with Crippen LogP contribution >= 0.6 is 0 Å². The Balaban J connectivity index is 2.78. The first-order chi connectivity index (χ1) is 8.67. The molecule has 4 heteroatoms. The van der Waals surface area contributed by atoms with E-state index in [1.54, 1.807) is 0 Å². The van der Waals surface area contributed by atoms with Gasteiger partial charge in [-0.3, -0.25) is 4.79 Å². The van der Waals surface area contributed by atoms with E-state index in [1.807, 2.05) is 25.1 Å². The predicted octanol–water partition coefficient (Wildman–Crippen LogP) is 2.33. The van der Waals surface area contributed by atoms with E-state index >= 15 is 0 Å². The van der Waals surface area contributed by atoms with Crippen molar-refractivity contribution < 1.29 is 9.53 Å². The summed E-state index contributed by atoms with van der Waals surface area (Å²) in [6.07, 6.45) is 3.08. The molecule has 1 rings (SSSR count). The third-order valence-electron chi connectivity index (χ3n) is 2.58. The fourth-order valence-corrected chi connectivity index (χ4v) is 1.76. The summed E-state index contributed by atoms with van der Waals surface area (Å²) in [6, 6.07) is 5.90. The fraction of sp³-hybridized carbons (Fsp3) is 0.500. The van der Waals surface area contributed by atoms with Gasteiger partial charge in [-0.25, -0.2) is 0 Å². The zero-order valence-corrected chi connectivity index (χ0v) is 11.2. The van der Waals surface area contributed by atoms with Crippen LogP contribution in [-0.4, -0.2) is 19.1 Å². The van der Waals surface area contributed by atoms with Crippen molar-refractivity contribution >= 4 is 11.6 Å². The molecule has 0 aliphatic heterocycles. The van der Waals surface area contributed by atoms with Crippen molar-refractivity contribution in [1.29, 1.82) is 0 Å². The van der Waals surface area contributed by atoms with Gasteiger partial charge in [-0.1, -0.05) is 6.07 Å². The van der Waals surface area contributed by atoms with Gasteiger partial charge in [0.15, 0.2) is 0 Å². The average Bonchev–Trinajstić information content (AvgIpc) is 2.32. The van der Waals surface area contributed by atoms with Gasteiger partial charge in [0.25, 0.3) is 0 Å². The second-order valence-electron chi connectivity index (χ2n) is 4.19. The number of amides is 1. The van der Waals surface area contributed by atoms with E-state index in [2.05, 4.69) is 5.32 Å². The lowest BCUT2D eigenvalue weighted by atomic mass is 10.1. The van der Waals surface area contributed by atoms with E-state index in [4.69, 9.17) is 10.5 Å². The normalized spacial score (nSPS) is 10.2. The number of rotatable bonds is 7. The SMILES string of the molecule is CCOc1cc(CCCCN)ccc1NC(C)=O. The molecule has 0 aromatic heterocycles. The van der Waals surface area contributed by atoms with E-state index in [0.717, 1.165) is 37.2 Å². The highest BCUT2D eigenvalue weighted by molar-refractivity contribution is 5.90. The Morgan fingerprint density at radius 2 is 2.17 bits per heavy atom. The van der Waals surface area contributed by atoms with E-state index in [0.29, 0.717) is 6.61 Å². The molecule has 0 spiro atoms. The maximum atomic E-state index is 11.1. The average molecular weight is 250 g/mol. The number of hydrogen-bond acceptors (Lipinski definition) is 3. The Bertz CT molecular complexity index is 391. The van der Waals surface area contributed by atoms with Gasteiger partial charge in [-0.05, 0) is 50.4 Å². The van der Waals surface area contributed by atoms with Gasteiger partial charge >= 0.3 is 0 Å². The lowest BCUT2D eigenvalue weighted by molar-refractivity contribution is -0.114. The van der Waals surface area contributed by atoms with Crippen molar-refractivity contribution in [1.82, 2.24) is 0 Å². The van der Waals surface area contributed by atoms with Crippen LogP contribution in [0.5, 0.6) is 5.75 Å². The highest BCUT2D eigenvalue weighted by atomic mass is 16.5. The molecule has 3 N–H and O–H groups in total. The van der Waals surface area contributed by atoms with Crippen molar-refractivity contribution in [3.63, 3.8) is 0 Å². The number of carbonyl (C=O) groups is 1. The summed E-state index contributed by atoms with van der Waals surface area (Å²) in [5, 5.41) is 2.77. The van der Waals surface area contributed by atoms with Crippen LogP contribution in [0.3, 0.4) is 0 Å². The van der Waals surface area contributed by atoms with E-state index in [1.165, 1.54) is 12.5 Å². The summed E-state index contributed by atoms with van der Waals surface area (Å²) in [7, 11) is 0. The highest BCUT2D eigenvalue weighted by Crippen LogP contribution is 2.26. The molecule has 0 unspecified atom stereocenters. The summed E-state index contributed by atoms with van der Waals surface area (Å²) in [5.74, 6) is 0.643. The molecule has 0 atom stereocenters. The second kappa shape index (κ2) is 7.71. The molecule has 1 amide bonds. The Labute approximate surface area is 109 Å².